The molecule has 2 aliphatic rings. The second kappa shape index (κ2) is 4.26. The number of ether oxygens (including phenoxy) is 1. The van der Waals surface area contributed by atoms with Crippen LogP contribution in [0.4, 0.5) is 8.78 Å². The van der Waals surface area contributed by atoms with Crippen LogP contribution in [0.3, 0.4) is 0 Å². The van der Waals surface area contributed by atoms with Gasteiger partial charge in [-0.05, 0) is 25.8 Å². The lowest BCUT2D eigenvalue weighted by atomic mass is 9.99. The molecule has 4 heteroatoms. The summed E-state index contributed by atoms with van der Waals surface area (Å²) in [7, 11) is 0. The van der Waals surface area contributed by atoms with E-state index in [0.717, 1.165) is 25.5 Å². The van der Waals surface area contributed by atoms with Gasteiger partial charge in [0.2, 0.25) is 0 Å². The van der Waals surface area contributed by atoms with Crippen molar-refractivity contribution in [3.8, 4) is 5.75 Å². The van der Waals surface area contributed by atoms with Crippen molar-refractivity contribution >= 4 is 0 Å². The molecule has 1 unspecified atom stereocenters. The number of benzene rings is 1. The molecule has 3 rings (SSSR count). The topological polar surface area (TPSA) is 21.3 Å². The standard InChI is InChI=1S/C13H15F2NO/c14-11-7-12(15)10(6-8-2-1-4-16-8)13-9(11)3-5-17-13/h7-8,16H,1-6H2. The van der Waals surface area contributed by atoms with Gasteiger partial charge in [0.05, 0.1) is 6.61 Å². The Bertz CT molecular complexity index is 442. The molecule has 2 nitrogen and oxygen atoms in total. The summed E-state index contributed by atoms with van der Waals surface area (Å²) in [6.45, 7) is 1.44. The number of hydrogen-bond donors (Lipinski definition) is 1. The first-order valence-corrected chi connectivity index (χ1v) is 6.11. The molecule has 1 saturated heterocycles. The molecule has 17 heavy (non-hydrogen) atoms. The van der Waals surface area contributed by atoms with Crippen LogP contribution in [0.1, 0.15) is 24.0 Å². The van der Waals surface area contributed by atoms with Crippen LogP contribution in [0.5, 0.6) is 5.75 Å². The Balaban J connectivity index is 1.95. The molecule has 1 fully saturated rings. The predicted octanol–water partition coefficient (Wildman–Crippen LogP) is 2.19. The summed E-state index contributed by atoms with van der Waals surface area (Å²) in [4.78, 5) is 0. The maximum Gasteiger partial charge on any atom is 0.133 e. The average Bonchev–Trinajstić information content (AvgIpc) is 2.95. The molecule has 2 heterocycles. The van der Waals surface area contributed by atoms with Crippen molar-refractivity contribution in [1.29, 1.82) is 0 Å². The van der Waals surface area contributed by atoms with E-state index in [1.54, 1.807) is 0 Å². The van der Waals surface area contributed by atoms with Crippen LogP contribution in [0.25, 0.3) is 0 Å². The maximum absolute atomic E-state index is 13.8. The number of nitrogens with one attached hydrogen (secondary N) is 1. The number of hydrogen-bond acceptors (Lipinski definition) is 2. The Morgan fingerprint density at radius 3 is 3.00 bits per heavy atom. The van der Waals surface area contributed by atoms with Gasteiger partial charge in [-0.2, -0.15) is 0 Å². The van der Waals surface area contributed by atoms with Crippen LogP contribution in [-0.2, 0) is 12.8 Å². The highest BCUT2D eigenvalue weighted by Gasteiger charge is 2.26. The quantitative estimate of drug-likeness (QED) is 0.854. The van der Waals surface area contributed by atoms with Crippen LogP contribution in [0, 0.1) is 11.6 Å². The van der Waals surface area contributed by atoms with Crippen molar-refractivity contribution in [3.63, 3.8) is 0 Å². The zero-order valence-corrected chi connectivity index (χ0v) is 9.56. The molecule has 1 N–H and O–H groups in total. The highest BCUT2D eigenvalue weighted by atomic mass is 19.1. The Labute approximate surface area is 99.0 Å². The fourth-order valence-corrected chi connectivity index (χ4v) is 2.71. The van der Waals surface area contributed by atoms with Crippen LogP contribution < -0.4 is 10.1 Å². The lowest BCUT2D eigenvalue weighted by molar-refractivity contribution is 0.349. The molecule has 0 bridgehead atoms. The van der Waals surface area contributed by atoms with Crippen molar-refractivity contribution in [1.82, 2.24) is 5.32 Å². The molecule has 1 atom stereocenters. The second-order valence-electron chi connectivity index (χ2n) is 4.72. The van der Waals surface area contributed by atoms with E-state index in [0.29, 0.717) is 42.4 Å². The first-order valence-electron chi connectivity index (χ1n) is 6.11. The minimum absolute atomic E-state index is 0.295. The molecule has 1 aromatic rings. The van der Waals surface area contributed by atoms with Crippen molar-refractivity contribution in [2.24, 2.45) is 0 Å². The van der Waals surface area contributed by atoms with E-state index >= 15 is 0 Å². The zero-order chi connectivity index (χ0) is 11.8. The molecule has 0 amide bonds. The van der Waals surface area contributed by atoms with Gasteiger partial charge in [0.1, 0.15) is 17.4 Å². The Hall–Kier alpha value is -1.16. The number of fused-ring (bicyclic) bond motifs is 1. The predicted molar refractivity (Wildman–Crippen MR) is 60.3 cm³/mol. The lowest BCUT2D eigenvalue weighted by Gasteiger charge is -2.14. The van der Waals surface area contributed by atoms with Gasteiger partial charge in [-0.15, -0.1) is 0 Å². The Kier molecular flexibility index (Phi) is 2.74. The van der Waals surface area contributed by atoms with E-state index in [9.17, 15) is 8.78 Å². The molecular formula is C13H15F2NO. The summed E-state index contributed by atoms with van der Waals surface area (Å²) >= 11 is 0. The summed E-state index contributed by atoms with van der Waals surface area (Å²) in [6, 6.07) is 1.29. The monoisotopic (exact) mass is 239 g/mol. The first kappa shape index (κ1) is 11.0. The fraction of sp³-hybridized carbons (Fsp3) is 0.538. The van der Waals surface area contributed by atoms with Gasteiger partial charge in [-0.3, -0.25) is 0 Å². The minimum Gasteiger partial charge on any atom is -0.492 e. The van der Waals surface area contributed by atoms with Crippen molar-refractivity contribution in [2.75, 3.05) is 13.2 Å². The number of rotatable bonds is 2. The normalized spacial score (nSPS) is 22.6. The SMILES string of the molecule is Fc1cc(F)c(CC2CCCN2)c2c1CCO2. The van der Waals surface area contributed by atoms with Crippen molar-refractivity contribution in [2.45, 2.75) is 31.7 Å². The van der Waals surface area contributed by atoms with E-state index in [1.165, 1.54) is 0 Å². The van der Waals surface area contributed by atoms with E-state index in [-0.39, 0.29) is 0 Å². The highest BCUT2D eigenvalue weighted by molar-refractivity contribution is 5.46. The zero-order valence-electron chi connectivity index (χ0n) is 9.56. The maximum atomic E-state index is 13.8. The van der Waals surface area contributed by atoms with Crippen molar-refractivity contribution < 1.29 is 13.5 Å². The molecule has 2 aliphatic heterocycles. The second-order valence-corrected chi connectivity index (χ2v) is 4.72. The summed E-state index contributed by atoms with van der Waals surface area (Å²) in [5, 5.41) is 3.32. The Morgan fingerprint density at radius 2 is 2.24 bits per heavy atom. The molecule has 0 radical (unpaired) electrons. The molecule has 1 aromatic carbocycles. The minimum atomic E-state index is -0.475. The number of halogens is 2. The molecule has 0 saturated carbocycles. The Morgan fingerprint density at radius 1 is 1.35 bits per heavy atom. The van der Waals surface area contributed by atoms with Gasteiger partial charge in [-0.1, -0.05) is 0 Å². The van der Waals surface area contributed by atoms with Gasteiger partial charge < -0.3 is 10.1 Å². The third-order valence-electron chi connectivity index (χ3n) is 3.59. The molecule has 0 spiro atoms. The van der Waals surface area contributed by atoms with Gasteiger partial charge in [-0.25, -0.2) is 8.78 Å². The van der Waals surface area contributed by atoms with Crippen LogP contribution in [0.2, 0.25) is 0 Å². The van der Waals surface area contributed by atoms with Gasteiger partial charge in [0.15, 0.2) is 0 Å². The summed E-state index contributed by atoms with van der Waals surface area (Å²) in [5.74, 6) is -0.494. The van der Waals surface area contributed by atoms with E-state index in [2.05, 4.69) is 5.32 Å². The smallest absolute Gasteiger partial charge is 0.133 e. The molecule has 92 valence electrons. The lowest BCUT2D eigenvalue weighted by Crippen LogP contribution is -2.24. The average molecular weight is 239 g/mol. The van der Waals surface area contributed by atoms with Crippen LogP contribution >= 0.6 is 0 Å². The van der Waals surface area contributed by atoms with Crippen LogP contribution in [-0.4, -0.2) is 19.2 Å². The third kappa shape index (κ3) is 1.90. The van der Waals surface area contributed by atoms with Crippen LogP contribution in [0.15, 0.2) is 6.07 Å². The third-order valence-corrected chi connectivity index (χ3v) is 3.59. The van der Waals surface area contributed by atoms with E-state index in [4.69, 9.17) is 4.74 Å². The summed E-state index contributed by atoms with van der Waals surface area (Å²) in [6.07, 6.45) is 3.31. The molecule has 0 aliphatic carbocycles. The molecule has 0 aromatic heterocycles. The molecular weight excluding hydrogens is 224 g/mol. The van der Waals surface area contributed by atoms with Gasteiger partial charge >= 0.3 is 0 Å². The van der Waals surface area contributed by atoms with Gasteiger partial charge in [0, 0.05) is 29.7 Å². The fourth-order valence-electron chi connectivity index (χ4n) is 2.71. The van der Waals surface area contributed by atoms with E-state index < -0.39 is 11.6 Å². The van der Waals surface area contributed by atoms with Crippen molar-refractivity contribution in [3.05, 3.63) is 28.8 Å². The summed E-state index contributed by atoms with van der Waals surface area (Å²) in [5.41, 5.74) is 1.08. The largest absolute Gasteiger partial charge is 0.492 e. The first-order chi connectivity index (χ1) is 8.25. The van der Waals surface area contributed by atoms with E-state index in [1.807, 2.05) is 0 Å². The summed E-state index contributed by atoms with van der Waals surface area (Å²) < 4.78 is 32.7. The highest BCUT2D eigenvalue weighted by Crippen LogP contribution is 2.35. The van der Waals surface area contributed by atoms with Gasteiger partial charge in [0.25, 0.3) is 0 Å².